The number of ether oxygens (including phenoxy) is 2. The monoisotopic (exact) mass is 298 g/mol. The zero-order chi connectivity index (χ0) is 14.4. The molecule has 5 nitrogen and oxygen atoms in total. The molecule has 0 bridgehead atoms. The number of carbonyl (C=O) groups is 1. The second-order valence-corrected chi connectivity index (χ2v) is 5.62. The molecule has 1 atom stereocenters. The predicted molar refractivity (Wildman–Crippen MR) is 77.9 cm³/mol. The largest absolute Gasteiger partial charge is 0.466 e. The van der Waals surface area contributed by atoms with Crippen molar-refractivity contribution in [1.29, 1.82) is 0 Å². The van der Waals surface area contributed by atoms with Crippen LogP contribution in [0.3, 0.4) is 0 Å². The summed E-state index contributed by atoms with van der Waals surface area (Å²) in [4.78, 5) is 18.3. The summed E-state index contributed by atoms with van der Waals surface area (Å²) in [5.41, 5.74) is 0.954. The van der Waals surface area contributed by atoms with Crippen LogP contribution in [0.1, 0.15) is 37.1 Å². The molecule has 1 aliphatic rings. The highest BCUT2D eigenvalue weighted by Gasteiger charge is 2.23. The van der Waals surface area contributed by atoms with Gasteiger partial charge in [-0.1, -0.05) is 6.92 Å². The van der Waals surface area contributed by atoms with E-state index in [1.807, 2.05) is 12.3 Å². The van der Waals surface area contributed by atoms with Gasteiger partial charge in [0.2, 0.25) is 0 Å². The maximum absolute atomic E-state index is 11.3. The van der Waals surface area contributed by atoms with Gasteiger partial charge in [0.25, 0.3) is 0 Å². The number of hydrogen-bond donors (Lipinski definition) is 0. The quantitative estimate of drug-likeness (QED) is 0.752. The van der Waals surface area contributed by atoms with Crippen molar-refractivity contribution in [3.8, 4) is 0 Å². The molecule has 0 radical (unpaired) electrons. The fourth-order valence-electron chi connectivity index (χ4n) is 2.19. The second kappa shape index (κ2) is 7.71. The first-order valence-corrected chi connectivity index (χ1v) is 8.04. The molecule has 0 amide bonds. The number of rotatable bonds is 6. The van der Waals surface area contributed by atoms with Crippen LogP contribution in [-0.2, 0) is 20.7 Å². The van der Waals surface area contributed by atoms with E-state index in [-0.39, 0.29) is 12.1 Å². The van der Waals surface area contributed by atoms with E-state index >= 15 is 0 Å². The lowest BCUT2D eigenvalue weighted by Gasteiger charge is -2.30. The third kappa shape index (κ3) is 4.26. The Labute approximate surface area is 123 Å². The van der Waals surface area contributed by atoms with Crippen LogP contribution in [0.15, 0.2) is 5.38 Å². The Hall–Kier alpha value is -0.980. The van der Waals surface area contributed by atoms with Gasteiger partial charge in [-0.25, -0.2) is 4.98 Å². The molecular weight excluding hydrogens is 276 g/mol. The summed E-state index contributed by atoms with van der Waals surface area (Å²) in [6, 6.07) is 0. The van der Waals surface area contributed by atoms with Crippen molar-refractivity contribution >= 4 is 17.3 Å². The number of likely N-dealkylation sites (N-methyl/N-ethyl adjacent to an activating group) is 1. The molecule has 6 heteroatoms. The van der Waals surface area contributed by atoms with E-state index in [1.165, 1.54) is 0 Å². The molecule has 1 aromatic heterocycles. The summed E-state index contributed by atoms with van der Waals surface area (Å²) in [5.74, 6) is -0.159. The van der Waals surface area contributed by atoms with Crippen LogP contribution in [0.4, 0.5) is 0 Å². The summed E-state index contributed by atoms with van der Waals surface area (Å²) >= 11 is 1.62. The smallest absolute Gasteiger partial charge is 0.306 e. The van der Waals surface area contributed by atoms with Gasteiger partial charge in [-0.15, -0.1) is 11.3 Å². The molecule has 1 aromatic rings. The summed E-state index contributed by atoms with van der Waals surface area (Å²) in [5, 5.41) is 3.03. The fraction of sp³-hybridized carbons (Fsp3) is 0.714. The molecule has 0 aliphatic carbocycles. The van der Waals surface area contributed by atoms with Gasteiger partial charge in [-0.3, -0.25) is 9.69 Å². The highest BCUT2D eigenvalue weighted by Crippen LogP contribution is 2.25. The van der Waals surface area contributed by atoms with Gasteiger partial charge < -0.3 is 9.47 Å². The lowest BCUT2D eigenvalue weighted by Crippen LogP contribution is -2.38. The molecular formula is C14H22N2O3S. The minimum atomic E-state index is -0.159. The standard InChI is InChI=1S/C14H22N2O3S/c1-3-16-7-8-19-12(9-16)14-15-11(10-20-14)5-6-13(17)18-4-2/h10,12H,3-9H2,1-2H3. The summed E-state index contributed by atoms with van der Waals surface area (Å²) < 4.78 is 10.7. The van der Waals surface area contributed by atoms with Gasteiger partial charge in [0.05, 0.1) is 25.3 Å². The van der Waals surface area contributed by atoms with Crippen LogP contribution >= 0.6 is 11.3 Å². The fourth-order valence-corrected chi connectivity index (χ4v) is 3.08. The average molecular weight is 298 g/mol. The van der Waals surface area contributed by atoms with Gasteiger partial charge in [0.15, 0.2) is 0 Å². The van der Waals surface area contributed by atoms with Crippen molar-refractivity contribution in [2.45, 2.75) is 32.8 Å². The third-order valence-corrected chi connectivity index (χ3v) is 4.32. The lowest BCUT2D eigenvalue weighted by atomic mass is 10.2. The molecule has 20 heavy (non-hydrogen) atoms. The van der Waals surface area contributed by atoms with Crippen LogP contribution in [0.25, 0.3) is 0 Å². The van der Waals surface area contributed by atoms with Crippen LogP contribution in [0.5, 0.6) is 0 Å². The van der Waals surface area contributed by atoms with Crippen LogP contribution in [0.2, 0.25) is 0 Å². The van der Waals surface area contributed by atoms with Crippen molar-refractivity contribution in [3.05, 3.63) is 16.1 Å². The van der Waals surface area contributed by atoms with Crippen LogP contribution in [-0.4, -0.2) is 48.7 Å². The number of esters is 1. The van der Waals surface area contributed by atoms with Crippen molar-refractivity contribution in [1.82, 2.24) is 9.88 Å². The van der Waals surface area contributed by atoms with Crippen molar-refractivity contribution in [3.63, 3.8) is 0 Å². The molecule has 2 rings (SSSR count). The summed E-state index contributed by atoms with van der Waals surface area (Å²) in [6.07, 6.45) is 1.11. The third-order valence-electron chi connectivity index (χ3n) is 3.33. The average Bonchev–Trinajstić information content (AvgIpc) is 2.94. The predicted octanol–water partition coefficient (Wildman–Crippen LogP) is 2.03. The molecule has 1 aliphatic heterocycles. The molecule has 0 N–H and O–H groups in total. The number of hydrogen-bond acceptors (Lipinski definition) is 6. The number of carbonyl (C=O) groups excluding carboxylic acids is 1. The molecule has 0 saturated carbocycles. The van der Waals surface area contributed by atoms with E-state index in [1.54, 1.807) is 11.3 Å². The first-order valence-electron chi connectivity index (χ1n) is 7.16. The lowest BCUT2D eigenvalue weighted by molar-refractivity contribution is -0.143. The zero-order valence-electron chi connectivity index (χ0n) is 12.1. The molecule has 1 fully saturated rings. The molecule has 1 unspecified atom stereocenters. The molecule has 0 spiro atoms. The normalized spacial score (nSPS) is 20.0. The van der Waals surface area contributed by atoms with Gasteiger partial charge in [-0.05, 0) is 13.5 Å². The van der Waals surface area contributed by atoms with Gasteiger partial charge in [-0.2, -0.15) is 0 Å². The van der Waals surface area contributed by atoms with E-state index < -0.39 is 0 Å². The van der Waals surface area contributed by atoms with E-state index in [2.05, 4.69) is 16.8 Å². The first-order chi connectivity index (χ1) is 9.72. The highest BCUT2D eigenvalue weighted by atomic mass is 32.1. The van der Waals surface area contributed by atoms with E-state index in [0.717, 1.165) is 36.9 Å². The molecule has 2 heterocycles. The minimum Gasteiger partial charge on any atom is -0.466 e. The molecule has 0 aromatic carbocycles. The maximum atomic E-state index is 11.3. The number of morpholine rings is 1. The Bertz CT molecular complexity index is 436. The van der Waals surface area contributed by atoms with Crippen LogP contribution in [0, 0.1) is 0 Å². The topological polar surface area (TPSA) is 51.7 Å². The van der Waals surface area contributed by atoms with Crippen molar-refractivity contribution < 1.29 is 14.3 Å². The minimum absolute atomic E-state index is 0.0741. The van der Waals surface area contributed by atoms with E-state index in [0.29, 0.717) is 19.4 Å². The zero-order valence-corrected chi connectivity index (χ0v) is 12.9. The molecule has 1 saturated heterocycles. The van der Waals surface area contributed by atoms with Gasteiger partial charge >= 0.3 is 5.97 Å². The Morgan fingerprint density at radius 3 is 3.20 bits per heavy atom. The Balaban J connectivity index is 1.86. The number of aryl methyl sites for hydroxylation is 1. The van der Waals surface area contributed by atoms with E-state index in [9.17, 15) is 4.79 Å². The number of nitrogens with zero attached hydrogens (tertiary/aromatic N) is 2. The van der Waals surface area contributed by atoms with Crippen LogP contribution < -0.4 is 0 Å². The second-order valence-electron chi connectivity index (χ2n) is 4.73. The van der Waals surface area contributed by atoms with E-state index in [4.69, 9.17) is 9.47 Å². The highest BCUT2D eigenvalue weighted by molar-refractivity contribution is 7.09. The van der Waals surface area contributed by atoms with Gasteiger partial charge in [0.1, 0.15) is 11.1 Å². The Morgan fingerprint density at radius 1 is 1.60 bits per heavy atom. The SMILES string of the molecule is CCOC(=O)CCc1csc(C2CN(CC)CCO2)n1. The molecule has 112 valence electrons. The Kier molecular flexibility index (Phi) is 5.94. The van der Waals surface area contributed by atoms with Crippen molar-refractivity contribution in [2.24, 2.45) is 0 Å². The number of aromatic nitrogens is 1. The summed E-state index contributed by atoms with van der Waals surface area (Å²) in [7, 11) is 0. The maximum Gasteiger partial charge on any atom is 0.306 e. The first kappa shape index (κ1) is 15.4. The Morgan fingerprint density at radius 2 is 2.45 bits per heavy atom. The van der Waals surface area contributed by atoms with Crippen molar-refractivity contribution in [2.75, 3.05) is 32.8 Å². The summed E-state index contributed by atoms with van der Waals surface area (Å²) in [6.45, 7) is 8.12. The number of thiazole rings is 1. The van der Waals surface area contributed by atoms with Gasteiger partial charge in [0, 0.05) is 24.9 Å².